The highest BCUT2D eigenvalue weighted by Crippen LogP contribution is 2.38. The van der Waals surface area contributed by atoms with Gasteiger partial charge in [0.1, 0.15) is 4.83 Å². The van der Waals surface area contributed by atoms with Crippen LogP contribution in [0.15, 0.2) is 24.3 Å². The molecule has 0 heterocycles. The Morgan fingerprint density at radius 1 is 1.44 bits per heavy atom. The van der Waals surface area contributed by atoms with Crippen molar-refractivity contribution >= 4 is 33.4 Å². The lowest BCUT2D eigenvalue weighted by Gasteiger charge is -2.35. The van der Waals surface area contributed by atoms with Gasteiger partial charge in [0.2, 0.25) is 5.91 Å². The van der Waals surface area contributed by atoms with Crippen molar-refractivity contribution in [2.24, 2.45) is 0 Å². The maximum absolute atomic E-state index is 12.6. The first-order chi connectivity index (χ1) is 8.39. The lowest BCUT2D eigenvalue weighted by atomic mass is 9.88. The monoisotopic (exact) mass is 337 g/mol. The van der Waals surface area contributed by atoms with Gasteiger partial charge in [-0.15, -0.1) is 0 Å². The van der Waals surface area contributed by atoms with E-state index in [4.69, 9.17) is 11.6 Å². The second-order valence-electron chi connectivity index (χ2n) is 4.35. The number of nitrogens with one attached hydrogen (secondary N) is 1. The first kappa shape index (κ1) is 13.7. The zero-order valence-corrected chi connectivity index (χ0v) is 11.6. The van der Waals surface area contributed by atoms with Gasteiger partial charge in [0.15, 0.2) is 0 Å². The fourth-order valence-electron chi connectivity index (χ4n) is 1.86. The summed E-state index contributed by atoms with van der Waals surface area (Å²) in [5.74, 6) is -2.98. The lowest BCUT2D eigenvalue weighted by molar-refractivity contribution is -0.128. The van der Waals surface area contributed by atoms with Gasteiger partial charge in [-0.05, 0) is 11.6 Å². The smallest absolute Gasteiger partial charge is 0.252 e. The highest BCUT2D eigenvalue weighted by molar-refractivity contribution is 9.09. The molecule has 1 atom stereocenters. The number of halogens is 4. The molecule has 0 unspecified atom stereocenters. The maximum atomic E-state index is 12.6. The summed E-state index contributed by atoms with van der Waals surface area (Å²) < 4.78 is 25.3. The third kappa shape index (κ3) is 3.01. The predicted octanol–water partition coefficient (Wildman–Crippen LogP) is 3.69. The van der Waals surface area contributed by atoms with Crippen molar-refractivity contribution in [1.82, 2.24) is 5.32 Å². The molecule has 1 amide bonds. The van der Waals surface area contributed by atoms with E-state index in [1.807, 2.05) is 0 Å². The summed E-state index contributed by atoms with van der Waals surface area (Å²) in [5.41, 5.74) is 0.628. The van der Waals surface area contributed by atoms with E-state index in [9.17, 15) is 13.6 Å². The van der Waals surface area contributed by atoms with Crippen LogP contribution >= 0.6 is 27.5 Å². The molecule has 6 heteroatoms. The number of amides is 1. The number of hydrogen-bond donors (Lipinski definition) is 1. The quantitative estimate of drug-likeness (QED) is 0.837. The van der Waals surface area contributed by atoms with E-state index in [0.29, 0.717) is 10.6 Å². The van der Waals surface area contributed by atoms with Crippen LogP contribution in [0.4, 0.5) is 8.78 Å². The van der Waals surface area contributed by atoms with Crippen LogP contribution in [0.1, 0.15) is 23.2 Å². The summed E-state index contributed by atoms with van der Waals surface area (Å²) in [6.07, 6.45) is -0.581. The molecule has 0 saturated heterocycles. The van der Waals surface area contributed by atoms with Gasteiger partial charge in [-0.2, -0.15) is 0 Å². The second kappa shape index (κ2) is 5.13. The molecular formula is C12H11BrClF2NO. The third-order valence-electron chi connectivity index (χ3n) is 2.84. The third-order valence-corrected chi connectivity index (χ3v) is 4.10. The first-order valence-corrected chi connectivity index (χ1v) is 6.75. The molecular weight excluding hydrogens is 327 g/mol. The zero-order chi connectivity index (χ0) is 13.3. The molecule has 98 valence electrons. The molecule has 18 heavy (non-hydrogen) atoms. The number of benzene rings is 1. The van der Waals surface area contributed by atoms with Gasteiger partial charge in [-0.1, -0.05) is 45.7 Å². The summed E-state index contributed by atoms with van der Waals surface area (Å²) in [7, 11) is 0. The van der Waals surface area contributed by atoms with Crippen LogP contribution in [-0.4, -0.2) is 17.9 Å². The highest BCUT2D eigenvalue weighted by atomic mass is 79.9. The van der Waals surface area contributed by atoms with Crippen LogP contribution in [0.5, 0.6) is 0 Å². The topological polar surface area (TPSA) is 29.1 Å². The Hall–Kier alpha value is -0.680. The molecule has 1 aromatic rings. The van der Waals surface area contributed by atoms with Crippen molar-refractivity contribution in [1.29, 1.82) is 0 Å². The average Bonchev–Trinajstić information content (AvgIpc) is 2.26. The molecule has 1 aliphatic rings. The van der Waals surface area contributed by atoms with Gasteiger partial charge in [0.05, 0.1) is 0 Å². The molecule has 0 radical (unpaired) electrons. The van der Waals surface area contributed by atoms with Gasteiger partial charge < -0.3 is 5.32 Å². The zero-order valence-electron chi connectivity index (χ0n) is 9.30. The average molecular weight is 339 g/mol. The molecule has 0 spiro atoms. The summed E-state index contributed by atoms with van der Waals surface area (Å²) in [6.45, 7) is 0. The van der Waals surface area contributed by atoms with E-state index in [0.717, 1.165) is 0 Å². The molecule has 2 rings (SSSR count). The van der Waals surface area contributed by atoms with Crippen LogP contribution in [0.25, 0.3) is 0 Å². The van der Waals surface area contributed by atoms with Gasteiger partial charge in [0, 0.05) is 23.9 Å². The number of hydrogen-bond acceptors (Lipinski definition) is 1. The number of rotatable bonds is 3. The first-order valence-electron chi connectivity index (χ1n) is 5.46. The Bertz CT molecular complexity index is 461. The molecule has 0 bridgehead atoms. The highest BCUT2D eigenvalue weighted by Gasteiger charge is 2.46. The molecule has 0 aliphatic heterocycles. The largest absolute Gasteiger partial charge is 0.352 e. The van der Waals surface area contributed by atoms with E-state index < -0.39 is 16.8 Å². The normalized spacial score (nSPS) is 20.0. The van der Waals surface area contributed by atoms with Crippen molar-refractivity contribution in [2.45, 2.75) is 29.6 Å². The van der Waals surface area contributed by atoms with Gasteiger partial charge in [-0.25, -0.2) is 8.78 Å². The van der Waals surface area contributed by atoms with E-state index in [-0.39, 0.29) is 18.7 Å². The van der Waals surface area contributed by atoms with E-state index in [1.54, 1.807) is 24.3 Å². The van der Waals surface area contributed by atoms with E-state index in [2.05, 4.69) is 21.2 Å². The van der Waals surface area contributed by atoms with Crippen LogP contribution < -0.4 is 5.32 Å². The van der Waals surface area contributed by atoms with Crippen molar-refractivity contribution in [2.75, 3.05) is 0 Å². The summed E-state index contributed by atoms with van der Waals surface area (Å²) in [6, 6.07) is 6.47. The van der Waals surface area contributed by atoms with Crippen LogP contribution in [0, 0.1) is 0 Å². The maximum Gasteiger partial charge on any atom is 0.252 e. The van der Waals surface area contributed by atoms with Crippen LogP contribution in [0.2, 0.25) is 5.02 Å². The standard InChI is InChI=1S/C12H11BrClF2NO/c13-10(8-3-1-2-4-9(8)14)11(18)17-7-5-12(15,16)6-7/h1-4,7,10H,5-6H2,(H,17,18)/t10-/m1/s1. The molecule has 1 saturated carbocycles. The Kier molecular flexibility index (Phi) is 3.92. The minimum absolute atomic E-state index is 0.291. The Morgan fingerprint density at radius 3 is 2.61 bits per heavy atom. The Balaban J connectivity index is 1.96. The number of alkyl halides is 3. The lowest BCUT2D eigenvalue weighted by Crippen LogP contribution is -2.51. The number of carbonyl (C=O) groups is 1. The van der Waals surface area contributed by atoms with Crippen molar-refractivity contribution in [3.63, 3.8) is 0 Å². The molecule has 2 nitrogen and oxygen atoms in total. The van der Waals surface area contributed by atoms with Crippen molar-refractivity contribution in [3.8, 4) is 0 Å². The summed E-state index contributed by atoms with van der Waals surface area (Å²) in [5, 5.41) is 3.04. The van der Waals surface area contributed by atoms with Gasteiger partial charge >= 0.3 is 0 Å². The minimum atomic E-state index is -2.63. The predicted molar refractivity (Wildman–Crippen MR) is 69.2 cm³/mol. The van der Waals surface area contributed by atoms with Crippen LogP contribution in [-0.2, 0) is 4.79 Å². The molecule has 1 aliphatic carbocycles. The van der Waals surface area contributed by atoms with Crippen LogP contribution in [0.3, 0.4) is 0 Å². The summed E-state index contributed by atoms with van der Waals surface area (Å²) >= 11 is 9.19. The second-order valence-corrected chi connectivity index (χ2v) is 5.68. The Labute approximate surface area is 117 Å². The van der Waals surface area contributed by atoms with E-state index in [1.165, 1.54) is 0 Å². The van der Waals surface area contributed by atoms with Gasteiger partial charge in [-0.3, -0.25) is 4.79 Å². The van der Waals surface area contributed by atoms with Crippen molar-refractivity contribution < 1.29 is 13.6 Å². The molecule has 0 aromatic heterocycles. The van der Waals surface area contributed by atoms with E-state index >= 15 is 0 Å². The SMILES string of the molecule is O=C(NC1CC(F)(F)C1)[C@H](Br)c1ccccc1Cl. The minimum Gasteiger partial charge on any atom is -0.352 e. The fraction of sp³-hybridized carbons (Fsp3) is 0.417. The molecule has 1 aromatic carbocycles. The van der Waals surface area contributed by atoms with Crippen molar-refractivity contribution in [3.05, 3.63) is 34.9 Å². The summed E-state index contributed by atoms with van der Waals surface area (Å²) in [4.78, 5) is 11.2. The Morgan fingerprint density at radius 2 is 2.06 bits per heavy atom. The molecule has 1 fully saturated rings. The fourth-order valence-corrected chi connectivity index (χ4v) is 2.77. The van der Waals surface area contributed by atoms with Gasteiger partial charge in [0.25, 0.3) is 5.92 Å². The number of carbonyl (C=O) groups excluding carboxylic acids is 1. The molecule has 1 N–H and O–H groups in total.